The van der Waals surface area contributed by atoms with E-state index in [0.717, 1.165) is 25.7 Å². The van der Waals surface area contributed by atoms with Gasteiger partial charge in [0, 0.05) is 13.1 Å². The molecule has 3 fully saturated rings. The van der Waals surface area contributed by atoms with Crippen LogP contribution in [0.1, 0.15) is 51.9 Å². The zero-order chi connectivity index (χ0) is 15.1. The Hall–Kier alpha value is -1.57. The maximum atomic E-state index is 12.8. The summed E-state index contributed by atoms with van der Waals surface area (Å²) >= 11 is 0. The first-order chi connectivity index (χ1) is 9.98. The summed E-state index contributed by atoms with van der Waals surface area (Å²) in [5.74, 6) is -0.476. The molecule has 3 rings (SSSR count). The lowest BCUT2D eigenvalue weighted by Crippen LogP contribution is -2.48. The highest BCUT2D eigenvalue weighted by Gasteiger charge is 2.55. The summed E-state index contributed by atoms with van der Waals surface area (Å²) in [5, 5.41) is 9.17. The molecule has 1 amide bonds. The molecule has 2 heterocycles. The van der Waals surface area contributed by atoms with Crippen molar-refractivity contribution in [1.29, 1.82) is 5.26 Å². The minimum atomic E-state index is -0.524. The summed E-state index contributed by atoms with van der Waals surface area (Å²) in [6, 6.07) is 2.35. The number of piperidine rings is 1. The van der Waals surface area contributed by atoms with Crippen LogP contribution in [0, 0.1) is 22.7 Å². The molecule has 0 aromatic heterocycles. The highest BCUT2D eigenvalue weighted by molar-refractivity contribution is 5.88. The van der Waals surface area contributed by atoms with Crippen LogP contribution in [0.25, 0.3) is 0 Å². The van der Waals surface area contributed by atoms with Crippen LogP contribution in [0.3, 0.4) is 0 Å². The van der Waals surface area contributed by atoms with E-state index < -0.39 is 5.60 Å². The number of hydrogen-bond acceptors (Lipinski definition) is 4. The van der Waals surface area contributed by atoms with Crippen molar-refractivity contribution in [2.45, 2.75) is 57.5 Å². The first-order valence-electron chi connectivity index (χ1n) is 7.90. The lowest BCUT2D eigenvalue weighted by atomic mass is 9.80. The van der Waals surface area contributed by atoms with Crippen molar-refractivity contribution in [3.8, 4) is 6.07 Å². The Bertz CT molecular complexity index is 494. The third kappa shape index (κ3) is 2.41. The molecular formula is C16H22N2O3. The van der Waals surface area contributed by atoms with Crippen molar-refractivity contribution < 1.29 is 14.3 Å². The van der Waals surface area contributed by atoms with E-state index in [-0.39, 0.29) is 29.6 Å². The molecule has 2 aliphatic heterocycles. The topological polar surface area (TPSA) is 70.4 Å². The SMILES string of the molecule is CC1(C#N)CCN(C(=O)[C@H]2CC(=O)OC23CCCC3)CC1. The molecule has 1 saturated carbocycles. The fourth-order valence-electron chi connectivity index (χ4n) is 3.98. The molecule has 3 aliphatic rings. The van der Waals surface area contributed by atoms with Gasteiger partial charge in [0.2, 0.25) is 5.91 Å². The monoisotopic (exact) mass is 290 g/mol. The number of nitrogens with zero attached hydrogens (tertiary/aromatic N) is 2. The van der Waals surface area contributed by atoms with Crippen LogP contribution < -0.4 is 0 Å². The van der Waals surface area contributed by atoms with Crippen LogP contribution in [-0.4, -0.2) is 35.5 Å². The molecule has 5 nitrogen and oxygen atoms in total. The van der Waals surface area contributed by atoms with Gasteiger partial charge < -0.3 is 9.64 Å². The van der Waals surface area contributed by atoms with Gasteiger partial charge in [0.1, 0.15) is 5.60 Å². The van der Waals surface area contributed by atoms with Gasteiger partial charge in [-0.3, -0.25) is 9.59 Å². The van der Waals surface area contributed by atoms with E-state index in [1.807, 2.05) is 11.8 Å². The minimum Gasteiger partial charge on any atom is -0.458 e. The quantitative estimate of drug-likeness (QED) is 0.693. The number of carbonyl (C=O) groups excluding carboxylic acids is 2. The Morgan fingerprint density at radius 1 is 1.29 bits per heavy atom. The fourth-order valence-corrected chi connectivity index (χ4v) is 3.98. The molecule has 1 aliphatic carbocycles. The standard InChI is InChI=1S/C16H22N2O3/c1-15(11-17)6-8-18(9-7-15)14(20)12-10-13(19)21-16(12)4-2-3-5-16/h12H,2-10H2,1H3/t12-/m1/s1. The van der Waals surface area contributed by atoms with Crippen LogP contribution in [0.4, 0.5) is 0 Å². The van der Waals surface area contributed by atoms with Crippen LogP contribution in [0.2, 0.25) is 0 Å². The molecule has 0 bridgehead atoms. The predicted octanol–water partition coefficient (Wildman–Crippen LogP) is 2.01. The summed E-state index contributed by atoms with van der Waals surface area (Å²) in [6.07, 6.45) is 5.35. The van der Waals surface area contributed by atoms with Gasteiger partial charge in [-0.15, -0.1) is 0 Å². The third-order valence-electron chi connectivity index (χ3n) is 5.52. The maximum absolute atomic E-state index is 12.8. The zero-order valence-corrected chi connectivity index (χ0v) is 12.6. The van der Waals surface area contributed by atoms with E-state index >= 15 is 0 Å². The number of esters is 1. The first kappa shape index (κ1) is 14.4. The van der Waals surface area contributed by atoms with Crippen molar-refractivity contribution in [3.05, 3.63) is 0 Å². The normalized spacial score (nSPS) is 30.2. The van der Waals surface area contributed by atoms with Gasteiger partial charge in [-0.1, -0.05) is 0 Å². The molecule has 0 radical (unpaired) electrons. The Labute approximate surface area is 125 Å². The summed E-state index contributed by atoms with van der Waals surface area (Å²) in [5.41, 5.74) is -0.839. The first-order valence-corrected chi connectivity index (χ1v) is 7.90. The van der Waals surface area contributed by atoms with Crippen molar-refractivity contribution >= 4 is 11.9 Å². The van der Waals surface area contributed by atoms with Gasteiger partial charge in [0.15, 0.2) is 0 Å². The molecule has 5 heteroatoms. The average Bonchev–Trinajstić information content (AvgIpc) is 3.07. The van der Waals surface area contributed by atoms with E-state index in [2.05, 4.69) is 6.07 Å². The van der Waals surface area contributed by atoms with E-state index in [1.54, 1.807) is 0 Å². The van der Waals surface area contributed by atoms with Crippen LogP contribution in [0.15, 0.2) is 0 Å². The lowest BCUT2D eigenvalue weighted by Gasteiger charge is -2.38. The van der Waals surface area contributed by atoms with Crippen molar-refractivity contribution in [2.75, 3.05) is 13.1 Å². The molecule has 1 spiro atoms. The molecule has 0 unspecified atom stereocenters. The molecule has 2 saturated heterocycles. The molecule has 114 valence electrons. The summed E-state index contributed by atoms with van der Waals surface area (Å²) in [7, 11) is 0. The van der Waals surface area contributed by atoms with Gasteiger partial charge >= 0.3 is 5.97 Å². The van der Waals surface area contributed by atoms with Crippen LogP contribution >= 0.6 is 0 Å². The second-order valence-electron chi connectivity index (χ2n) is 7.00. The third-order valence-corrected chi connectivity index (χ3v) is 5.52. The summed E-state index contributed by atoms with van der Waals surface area (Å²) in [4.78, 5) is 26.4. The van der Waals surface area contributed by atoms with Gasteiger partial charge in [0.05, 0.1) is 23.8 Å². The maximum Gasteiger partial charge on any atom is 0.307 e. The van der Waals surface area contributed by atoms with Gasteiger partial charge in [-0.2, -0.15) is 5.26 Å². The molecule has 21 heavy (non-hydrogen) atoms. The van der Waals surface area contributed by atoms with Crippen LogP contribution in [-0.2, 0) is 14.3 Å². The molecular weight excluding hydrogens is 268 g/mol. The molecule has 1 atom stereocenters. The summed E-state index contributed by atoms with van der Waals surface area (Å²) in [6.45, 7) is 3.18. The predicted molar refractivity (Wildman–Crippen MR) is 74.9 cm³/mol. The smallest absolute Gasteiger partial charge is 0.307 e. The number of hydrogen-bond donors (Lipinski definition) is 0. The number of likely N-dealkylation sites (tertiary alicyclic amines) is 1. The molecule has 0 N–H and O–H groups in total. The Balaban J connectivity index is 1.71. The summed E-state index contributed by atoms with van der Waals surface area (Å²) < 4.78 is 5.56. The zero-order valence-electron chi connectivity index (χ0n) is 12.6. The van der Waals surface area contributed by atoms with Gasteiger partial charge in [-0.05, 0) is 45.4 Å². The lowest BCUT2D eigenvalue weighted by molar-refractivity contribution is -0.152. The number of nitriles is 1. The average molecular weight is 290 g/mol. The highest BCUT2D eigenvalue weighted by Crippen LogP contribution is 2.46. The molecule has 0 aromatic rings. The Morgan fingerprint density at radius 3 is 2.48 bits per heavy atom. The van der Waals surface area contributed by atoms with Crippen LogP contribution in [0.5, 0.6) is 0 Å². The Kier molecular flexibility index (Phi) is 3.43. The largest absolute Gasteiger partial charge is 0.458 e. The second kappa shape index (κ2) is 5.01. The van der Waals surface area contributed by atoms with Crippen molar-refractivity contribution in [3.63, 3.8) is 0 Å². The number of ether oxygens (including phenoxy) is 1. The van der Waals surface area contributed by atoms with E-state index in [4.69, 9.17) is 4.74 Å². The van der Waals surface area contributed by atoms with E-state index in [1.165, 1.54) is 0 Å². The van der Waals surface area contributed by atoms with E-state index in [0.29, 0.717) is 25.9 Å². The van der Waals surface area contributed by atoms with Crippen molar-refractivity contribution in [2.24, 2.45) is 11.3 Å². The number of amides is 1. The second-order valence-corrected chi connectivity index (χ2v) is 7.00. The fraction of sp³-hybridized carbons (Fsp3) is 0.812. The number of rotatable bonds is 1. The number of carbonyl (C=O) groups is 2. The van der Waals surface area contributed by atoms with Crippen molar-refractivity contribution in [1.82, 2.24) is 4.90 Å². The van der Waals surface area contributed by atoms with Gasteiger partial charge in [-0.25, -0.2) is 0 Å². The van der Waals surface area contributed by atoms with E-state index in [9.17, 15) is 14.9 Å². The minimum absolute atomic E-state index is 0.0581. The highest BCUT2D eigenvalue weighted by atomic mass is 16.6. The Morgan fingerprint density at radius 2 is 1.90 bits per heavy atom. The van der Waals surface area contributed by atoms with Gasteiger partial charge in [0.25, 0.3) is 0 Å². The molecule has 0 aromatic carbocycles.